The molecule has 0 aromatic heterocycles. The molecule has 1 aliphatic rings. The average Bonchev–Trinajstić information content (AvgIpc) is 2.53. The van der Waals surface area contributed by atoms with E-state index in [9.17, 15) is 5.11 Å². The smallest absolute Gasteiger partial charge is 0.115 e. The number of rotatable bonds is 8. The summed E-state index contributed by atoms with van der Waals surface area (Å²) in [5, 5.41) is 12.9. The Morgan fingerprint density at radius 1 is 1.14 bits per heavy atom. The number of piperazine rings is 1. The molecule has 0 saturated carbocycles. The van der Waals surface area contributed by atoms with Crippen LogP contribution in [0.2, 0.25) is 0 Å². The monoisotopic (exact) mass is 305 g/mol. The standard InChI is InChI=1S/C18H31N3O/c1-16(4-5-17-6-8-18(22)9-7-17)19-10-3-11-21-14-12-20(2)13-15-21/h6-9,16,19,22H,3-5,10-15H2,1-2H3. The van der Waals surface area contributed by atoms with Crippen molar-refractivity contribution in [2.24, 2.45) is 0 Å². The maximum atomic E-state index is 9.28. The number of hydrogen-bond donors (Lipinski definition) is 2. The summed E-state index contributed by atoms with van der Waals surface area (Å²) in [6.45, 7) is 9.41. The van der Waals surface area contributed by atoms with Crippen LogP contribution < -0.4 is 5.32 Å². The van der Waals surface area contributed by atoms with Gasteiger partial charge >= 0.3 is 0 Å². The molecule has 0 aliphatic carbocycles. The Morgan fingerprint density at radius 2 is 1.82 bits per heavy atom. The van der Waals surface area contributed by atoms with Crippen LogP contribution >= 0.6 is 0 Å². The van der Waals surface area contributed by atoms with Gasteiger partial charge in [-0.25, -0.2) is 0 Å². The maximum Gasteiger partial charge on any atom is 0.115 e. The molecule has 1 heterocycles. The predicted octanol–water partition coefficient (Wildman–Crippen LogP) is 1.94. The van der Waals surface area contributed by atoms with Crippen molar-refractivity contribution in [1.82, 2.24) is 15.1 Å². The van der Waals surface area contributed by atoms with E-state index in [-0.39, 0.29) is 0 Å². The molecule has 2 N–H and O–H groups in total. The van der Waals surface area contributed by atoms with Gasteiger partial charge in [-0.3, -0.25) is 0 Å². The first-order valence-corrected chi connectivity index (χ1v) is 8.55. The summed E-state index contributed by atoms with van der Waals surface area (Å²) in [5.74, 6) is 0.346. The second-order valence-electron chi connectivity index (χ2n) is 6.56. The lowest BCUT2D eigenvalue weighted by Crippen LogP contribution is -2.45. The third kappa shape index (κ3) is 6.34. The lowest BCUT2D eigenvalue weighted by molar-refractivity contribution is 0.152. The Hall–Kier alpha value is -1.10. The molecule has 1 atom stereocenters. The molecule has 1 aromatic carbocycles. The summed E-state index contributed by atoms with van der Waals surface area (Å²) in [7, 11) is 2.20. The molecule has 124 valence electrons. The molecule has 4 heteroatoms. The number of phenolic OH excluding ortho intramolecular Hbond substituents is 1. The SMILES string of the molecule is CC(CCc1ccc(O)cc1)NCCCN1CCN(C)CC1. The second kappa shape index (κ2) is 9.13. The fourth-order valence-electron chi connectivity index (χ4n) is 2.87. The average molecular weight is 305 g/mol. The quantitative estimate of drug-likeness (QED) is 0.720. The molecule has 0 radical (unpaired) electrons. The van der Waals surface area contributed by atoms with Crippen LogP contribution in [0.15, 0.2) is 24.3 Å². The predicted molar refractivity (Wildman–Crippen MR) is 92.4 cm³/mol. The lowest BCUT2D eigenvalue weighted by Gasteiger charge is -2.32. The molecular formula is C18H31N3O. The largest absolute Gasteiger partial charge is 0.508 e. The molecule has 1 unspecified atom stereocenters. The molecule has 0 bridgehead atoms. The topological polar surface area (TPSA) is 38.7 Å². The van der Waals surface area contributed by atoms with Gasteiger partial charge in [0.1, 0.15) is 5.75 Å². The number of aryl methyl sites for hydroxylation is 1. The minimum absolute atomic E-state index is 0.346. The van der Waals surface area contributed by atoms with E-state index in [1.165, 1.54) is 44.7 Å². The van der Waals surface area contributed by atoms with Crippen molar-refractivity contribution in [3.05, 3.63) is 29.8 Å². The summed E-state index contributed by atoms with van der Waals surface area (Å²) in [6.07, 6.45) is 3.43. The number of nitrogens with one attached hydrogen (secondary N) is 1. The molecule has 0 amide bonds. The second-order valence-corrected chi connectivity index (χ2v) is 6.56. The molecule has 1 aliphatic heterocycles. The van der Waals surface area contributed by atoms with Gasteiger partial charge in [-0.15, -0.1) is 0 Å². The fourth-order valence-corrected chi connectivity index (χ4v) is 2.87. The fraction of sp³-hybridized carbons (Fsp3) is 0.667. The third-order valence-electron chi connectivity index (χ3n) is 4.54. The van der Waals surface area contributed by atoms with Gasteiger partial charge in [0.05, 0.1) is 0 Å². The highest BCUT2D eigenvalue weighted by Crippen LogP contribution is 2.11. The van der Waals surface area contributed by atoms with E-state index in [0.29, 0.717) is 11.8 Å². The van der Waals surface area contributed by atoms with Crippen molar-refractivity contribution in [2.45, 2.75) is 32.2 Å². The third-order valence-corrected chi connectivity index (χ3v) is 4.54. The van der Waals surface area contributed by atoms with E-state index in [0.717, 1.165) is 19.4 Å². The van der Waals surface area contributed by atoms with E-state index in [2.05, 4.69) is 29.1 Å². The van der Waals surface area contributed by atoms with Crippen molar-refractivity contribution in [3.8, 4) is 5.75 Å². The summed E-state index contributed by atoms with van der Waals surface area (Å²) in [5.41, 5.74) is 1.30. The molecule has 1 aromatic rings. The van der Waals surface area contributed by atoms with E-state index in [1.807, 2.05) is 12.1 Å². The van der Waals surface area contributed by atoms with Crippen molar-refractivity contribution in [1.29, 1.82) is 0 Å². The Bertz CT molecular complexity index is 413. The molecular weight excluding hydrogens is 274 g/mol. The van der Waals surface area contributed by atoms with Crippen LogP contribution in [0.5, 0.6) is 5.75 Å². The van der Waals surface area contributed by atoms with Crippen LogP contribution in [0.4, 0.5) is 0 Å². The zero-order valence-corrected chi connectivity index (χ0v) is 14.1. The van der Waals surface area contributed by atoms with Crippen LogP contribution in [0, 0.1) is 0 Å². The van der Waals surface area contributed by atoms with Gasteiger partial charge in [0, 0.05) is 32.2 Å². The normalized spacial score (nSPS) is 18.5. The van der Waals surface area contributed by atoms with Gasteiger partial charge in [-0.1, -0.05) is 12.1 Å². The molecule has 1 fully saturated rings. The summed E-state index contributed by atoms with van der Waals surface area (Å²) < 4.78 is 0. The van der Waals surface area contributed by atoms with E-state index < -0.39 is 0 Å². The van der Waals surface area contributed by atoms with Crippen molar-refractivity contribution < 1.29 is 5.11 Å². The van der Waals surface area contributed by atoms with Crippen LogP contribution in [0.3, 0.4) is 0 Å². The van der Waals surface area contributed by atoms with Crippen molar-refractivity contribution in [3.63, 3.8) is 0 Å². The Kier molecular flexibility index (Phi) is 7.16. The van der Waals surface area contributed by atoms with Crippen LogP contribution in [0.1, 0.15) is 25.3 Å². The molecule has 0 spiro atoms. The zero-order chi connectivity index (χ0) is 15.8. The maximum absolute atomic E-state index is 9.28. The van der Waals surface area contributed by atoms with Crippen molar-refractivity contribution >= 4 is 0 Å². The molecule has 4 nitrogen and oxygen atoms in total. The highest BCUT2D eigenvalue weighted by Gasteiger charge is 2.12. The van der Waals surface area contributed by atoms with Gasteiger partial charge in [0.15, 0.2) is 0 Å². The minimum Gasteiger partial charge on any atom is -0.508 e. The molecule has 1 saturated heterocycles. The number of benzene rings is 1. The first kappa shape index (κ1) is 17.3. The van der Waals surface area contributed by atoms with Crippen molar-refractivity contribution in [2.75, 3.05) is 46.3 Å². The molecule has 2 rings (SSSR count). The Morgan fingerprint density at radius 3 is 2.50 bits per heavy atom. The first-order valence-electron chi connectivity index (χ1n) is 8.55. The number of nitrogens with zero attached hydrogens (tertiary/aromatic N) is 2. The Balaban J connectivity index is 1.52. The van der Waals surface area contributed by atoms with E-state index in [1.54, 1.807) is 12.1 Å². The van der Waals surface area contributed by atoms with Gasteiger partial charge in [-0.2, -0.15) is 0 Å². The van der Waals surface area contributed by atoms with E-state index >= 15 is 0 Å². The van der Waals surface area contributed by atoms with Crippen LogP contribution in [-0.2, 0) is 6.42 Å². The van der Waals surface area contributed by atoms with Crippen LogP contribution in [0.25, 0.3) is 0 Å². The molecule has 22 heavy (non-hydrogen) atoms. The van der Waals surface area contributed by atoms with Crippen LogP contribution in [-0.4, -0.2) is 67.3 Å². The van der Waals surface area contributed by atoms with Gasteiger partial charge < -0.3 is 20.2 Å². The zero-order valence-electron chi connectivity index (χ0n) is 14.1. The summed E-state index contributed by atoms with van der Waals surface area (Å²) in [4.78, 5) is 4.98. The number of aromatic hydroxyl groups is 1. The first-order chi connectivity index (χ1) is 10.6. The minimum atomic E-state index is 0.346. The van der Waals surface area contributed by atoms with Gasteiger partial charge in [0.25, 0.3) is 0 Å². The van der Waals surface area contributed by atoms with Gasteiger partial charge in [-0.05, 0) is 64.0 Å². The van der Waals surface area contributed by atoms with Gasteiger partial charge in [0.2, 0.25) is 0 Å². The van der Waals surface area contributed by atoms with E-state index in [4.69, 9.17) is 0 Å². The Labute approximate surface area is 135 Å². The number of hydrogen-bond acceptors (Lipinski definition) is 4. The highest BCUT2D eigenvalue weighted by molar-refractivity contribution is 5.25. The lowest BCUT2D eigenvalue weighted by atomic mass is 10.1. The number of phenols is 1. The highest BCUT2D eigenvalue weighted by atomic mass is 16.3. The summed E-state index contributed by atoms with van der Waals surface area (Å²) >= 11 is 0. The summed E-state index contributed by atoms with van der Waals surface area (Å²) in [6, 6.07) is 8.10. The number of likely N-dealkylation sites (N-methyl/N-ethyl adjacent to an activating group) is 1.